The minimum absolute atomic E-state index is 0.0753. The summed E-state index contributed by atoms with van der Waals surface area (Å²) in [5, 5.41) is 8.28. The molecule has 2 N–H and O–H groups in total. The SMILES string of the molecule is CN(Cc1cnn(C)c1)C(=O)NCCc1c[nH]c2ccccc12. The van der Waals surface area contributed by atoms with Crippen LogP contribution in [0, 0.1) is 0 Å². The molecular weight excluding hydrogens is 290 g/mol. The Labute approximate surface area is 135 Å². The van der Waals surface area contributed by atoms with E-state index in [0.29, 0.717) is 13.1 Å². The third-order valence-electron chi connectivity index (χ3n) is 3.87. The van der Waals surface area contributed by atoms with Crippen molar-refractivity contribution < 1.29 is 4.79 Å². The molecule has 3 aromatic rings. The highest BCUT2D eigenvalue weighted by atomic mass is 16.2. The summed E-state index contributed by atoms with van der Waals surface area (Å²) in [6, 6.07) is 8.11. The van der Waals surface area contributed by atoms with Gasteiger partial charge in [-0.2, -0.15) is 5.10 Å². The van der Waals surface area contributed by atoms with Gasteiger partial charge in [-0.05, 0) is 18.1 Å². The first kappa shape index (κ1) is 15.1. The van der Waals surface area contributed by atoms with Crippen LogP contribution in [0.4, 0.5) is 4.79 Å². The monoisotopic (exact) mass is 311 g/mol. The topological polar surface area (TPSA) is 66.0 Å². The molecule has 2 aromatic heterocycles. The zero-order valence-electron chi connectivity index (χ0n) is 13.4. The summed E-state index contributed by atoms with van der Waals surface area (Å²) < 4.78 is 1.73. The molecule has 0 unspecified atom stereocenters. The second-order valence-corrected chi connectivity index (χ2v) is 5.72. The van der Waals surface area contributed by atoms with E-state index in [1.165, 1.54) is 10.9 Å². The lowest BCUT2D eigenvalue weighted by molar-refractivity contribution is 0.207. The number of nitrogens with one attached hydrogen (secondary N) is 2. The van der Waals surface area contributed by atoms with Crippen LogP contribution in [0.1, 0.15) is 11.1 Å². The molecule has 0 spiro atoms. The summed E-state index contributed by atoms with van der Waals surface area (Å²) in [7, 11) is 3.65. The summed E-state index contributed by atoms with van der Waals surface area (Å²) in [6.45, 7) is 1.16. The second kappa shape index (κ2) is 6.56. The number of amides is 2. The Morgan fingerprint density at radius 3 is 3.00 bits per heavy atom. The van der Waals surface area contributed by atoms with Crippen molar-refractivity contribution >= 4 is 16.9 Å². The standard InChI is InChI=1S/C17H21N5O/c1-21(11-13-9-20-22(2)12-13)17(23)18-8-7-14-10-19-16-6-4-3-5-15(14)16/h3-6,9-10,12,19H,7-8,11H2,1-2H3,(H,18,23). The van der Waals surface area contributed by atoms with Gasteiger partial charge in [0.05, 0.1) is 12.7 Å². The van der Waals surface area contributed by atoms with Gasteiger partial charge in [-0.1, -0.05) is 18.2 Å². The van der Waals surface area contributed by atoms with Crippen LogP contribution in [0.25, 0.3) is 10.9 Å². The molecule has 2 amide bonds. The minimum atomic E-state index is -0.0753. The smallest absolute Gasteiger partial charge is 0.317 e. The van der Waals surface area contributed by atoms with Crippen molar-refractivity contribution in [2.45, 2.75) is 13.0 Å². The van der Waals surface area contributed by atoms with Gasteiger partial charge in [-0.3, -0.25) is 4.68 Å². The van der Waals surface area contributed by atoms with E-state index in [-0.39, 0.29) is 6.03 Å². The fraction of sp³-hybridized carbons (Fsp3) is 0.294. The number of aromatic amines is 1. The Bertz CT molecular complexity index is 804. The molecule has 23 heavy (non-hydrogen) atoms. The first-order valence-corrected chi connectivity index (χ1v) is 7.65. The van der Waals surface area contributed by atoms with E-state index in [0.717, 1.165) is 17.5 Å². The predicted octanol–water partition coefficient (Wildman–Crippen LogP) is 2.29. The molecule has 0 bridgehead atoms. The number of aryl methyl sites for hydroxylation is 1. The van der Waals surface area contributed by atoms with E-state index in [2.05, 4.69) is 27.5 Å². The number of hydrogen-bond donors (Lipinski definition) is 2. The molecule has 120 valence electrons. The molecule has 6 nitrogen and oxygen atoms in total. The van der Waals surface area contributed by atoms with Gasteiger partial charge in [0, 0.05) is 49.5 Å². The van der Waals surface area contributed by atoms with E-state index < -0.39 is 0 Å². The van der Waals surface area contributed by atoms with Crippen molar-refractivity contribution in [3.8, 4) is 0 Å². The van der Waals surface area contributed by atoms with Crippen LogP contribution in [-0.2, 0) is 20.0 Å². The molecule has 0 fully saturated rings. The van der Waals surface area contributed by atoms with Crippen molar-refractivity contribution in [2.75, 3.05) is 13.6 Å². The first-order chi connectivity index (χ1) is 11.1. The van der Waals surface area contributed by atoms with E-state index in [9.17, 15) is 4.79 Å². The quantitative estimate of drug-likeness (QED) is 0.759. The number of carbonyl (C=O) groups excluding carboxylic acids is 1. The lowest BCUT2D eigenvalue weighted by Gasteiger charge is -2.17. The van der Waals surface area contributed by atoms with Gasteiger partial charge in [-0.25, -0.2) is 4.79 Å². The maximum absolute atomic E-state index is 12.1. The van der Waals surface area contributed by atoms with Gasteiger partial charge in [0.2, 0.25) is 0 Å². The van der Waals surface area contributed by atoms with Crippen LogP contribution < -0.4 is 5.32 Å². The number of rotatable bonds is 5. The van der Waals surface area contributed by atoms with E-state index in [1.54, 1.807) is 22.8 Å². The van der Waals surface area contributed by atoms with Crippen LogP contribution in [0.5, 0.6) is 0 Å². The lowest BCUT2D eigenvalue weighted by atomic mass is 10.1. The highest BCUT2D eigenvalue weighted by Gasteiger charge is 2.10. The lowest BCUT2D eigenvalue weighted by Crippen LogP contribution is -2.37. The van der Waals surface area contributed by atoms with E-state index >= 15 is 0 Å². The van der Waals surface area contributed by atoms with Crippen LogP contribution in [0.15, 0.2) is 42.9 Å². The number of benzene rings is 1. The zero-order valence-corrected chi connectivity index (χ0v) is 13.4. The third kappa shape index (κ3) is 3.53. The molecule has 0 aliphatic rings. The normalized spacial score (nSPS) is 10.9. The zero-order chi connectivity index (χ0) is 16.2. The van der Waals surface area contributed by atoms with Gasteiger partial charge in [-0.15, -0.1) is 0 Å². The highest BCUT2D eigenvalue weighted by Crippen LogP contribution is 2.17. The van der Waals surface area contributed by atoms with Crippen molar-refractivity contribution in [1.82, 2.24) is 25.0 Å². The van der Waals surface area contributed by atoms with Crippen molar-refractivity contribution in [2.24, 2.45) is 7.05 Å². The van der Waals surface area contributed by atoms with Gasteiger partial charge < -0.3 is 15.2 Å². The molecule has 0 aliphatic heterocycles. The van der Waals surface area contributed by atoms with E-state index in [4.69, 9.17) is 0 Å². The molecule has 0 aliphatic carbocycles. The molecule has 2 heterocycles. The van der Waals surface area contributed by atoms with Gasteiger partial charge >= 0.3 is 6.03 Å². The first-order valence-electron chi connectivity index (χ1n) is 7.65. The molecular formula is C17H21N5O. The fourth-order valence-electron chi connectivity index (χ4n) is 2.68. The number of carbonyl (C=O) groups is 1. The summed E-state index contributed by atoms with van der Waals surface area (Å²) in [5.41, 5.74) is 3.36. The van der Waals surface area contributed by atoms with E-state index in [1.807, 2.05) is 31.6 Å². The molecule has 0 saturated heterocycles. The summed E-state index contributed by atoms with van der Waals surface area (Å²) in [5.74, 6) is 0. The largest absolute Gasteiger partial charge is 0.361 e. The number of urea groups is 1. The average Bonchev–Trinajstić information content (AvgIpc) is 3.14. The molecule has 0 saturated carbocycles. The molecule has 0 atom stereocenters. The third-order valence-corrected chi connectivity index (χ3v) is 3.87. The maximum Gasteiger partial charge on any atom is 0.317 e. The Morgan fingerprint density at radius 1 is 1.39 bits per heavy atom. The molecule has 6 heteroatoms. The molecule has 1 aromatic carbocycles. The minimum Gasteiger partial charge on any atom is -0.361 e. The Kier molecular flexibility index (Phi) is 4.32. The van der Waals surface area contributed by atoms with Crippen molar-refractivity contribution in [1.29, 1.82) is 0 Å². The number of aromatic nitrogens is 3. The van der Waals surface area contributed by atoms with Gasteiger partial charge in [0.25, 0.3) is 0 Å². The number of nitrogens with zero attached hydrogens (tertiary/aromatic N) is 3. The number of para-hydroxylation sites is 1. The number of H-pyrrole nitrogens is 1. The summed E-state index contributed by atoms with van der Waals surface area (Å²) in [6.07, 6.45) is 6.50. The maximum atomic E-state index is 12.1. The second-order valence-electron chi connectivity index (χ2n) is 5.72. The Balaban J connectivity index is 1.50. The fourth-order valence-corrected chi connectivity index (χ4v) is 2.68. The van der Waals surface area contributed by atoms with Crippen LogP contribution in [0.3, 0.4) is 0 Å². The average molecular weight is 311 g/mol. The molecule has 0 radical (unpaired) electrons. The predicted molar refractivity (Wildman–Crippen MR) is 90.1 cm³/mol. The van der Waals surface area contributed by atoms with Crippen LogP contribution >= 0.6 is 0 Å². The molecule has 3 rings (SSSR count). The Hall–Kier alpha value is -2.76. The van der Waals surface area contributed by atoms with Crippen LogP contribution in [0.2, 0.25) is 0 Å². The highest BCUT2D eigenvalue weighted by molar-refractivity contribution is 5.83. The summed E-state index contributed by atoms with van der Waals surface area (Å²) in [4.78, 5) is 17.0. The van der Waals surface area contributed by atoms with Crippen molar-refractivity contribution in [3.05, 3.63) is 54.0 Å². The Morgan fingerprint density at radius 2 is 2.22 bits per heavy atom. The number of fused-ring (bicyclic) bond motifs is 1. The number of hydrogen-bond acceptors (Lipinski definition) is 2. The van der Waals surface area contributed by atoms with Crippen LogP contribution in [-0.4, -0.2) is 39.3 Å². The van der Waals surface area contributed by atoms with Gasteiger partial charge in [0.15, 0.2) is 0 Å². The summed E-state index contributed by atoms with van der Waals surface area (Å²) >= 11 is 0. The van der Waals surface area contributed by atoms with Crippen molar-refractivity contribution in [3.63, 3.8) is 0 Å². The van der Waals surface area contributed by atoms with Gasteiger partial charge in [0.1, 0.15) is 0 Å².